The standard InChI is InChI=1S/C18H26Cl2/c1-9-5-13-14(6-10(9)2)18(20)16-8-12(4)11(3)7-15(16)17(13)19/h13-18H,5-8H2,1-4H3/t13-,14-,15+,16+,17?,18?. The van der Waals surface area contributed by atoms with E-state index >= 15 is 0 Å². The highest BCUT2D eigenvalue weighted by molar-refractivity contribution is 6.23. The van der Waals surface area contributed by atoms with Gasteiger partial charge in [-0.25, -0.2) is 0 Å². The monoisotopic (exact) mass is 312 g/mol. The molecule has 3 aliphatic rings. The molecule has 2 unspecified atom stereocenters. The molecule has 0 bridgehead atoms. The quantitative estimate of drug-likeness (QED) is 0.383. The summed E-state index contributed by atoms with van der Waals surface area (Å²) in [5, 5.41) is 0.622. The summed E-state index contributed by atoms with van der Waals surface area (Å²) in [5.74, 6) is 2.37. The fraction of sp³-hybridized carbons (Fsp3) is 0.778. The molecule has 3 aliphatic carbocycles. The number of halogens is 2. The van der Waals surface area contributed by atoms with Crippen LogP contribution in [0.2, 0.25) is 0 Å². The largest absolute Gasteiger partial charge is 0.122 e. The lowest BCUT2D eigenvalue weighted by Gasteiger charge is -2.52. The van der Waals surface area contributed by atoms with E-state index in [1.807, 2.05) is 0 Å². The van der Waals surface area contributed by atoms with Crippen LogP contribution in [-0.4, -0.2) is 10.8 Å². The first-order valence-electron chi connectivity index (χ1n) is 7.98. The predicted octanol–water partition coefficient (Wildman–Crippen LogP) is 5.94. The Kier molecular flexibility index (Phi) is 4.01. The highest BCUT2D eigenvalue weighted by Crippen LogP contribution is 2.55. The highest BCUT2D eigenvalue weighted by atomic mass is 35.5. The summed E-state index contributed by atoms with van der Waals surface area (Å²) < 4.78 is 0. The molecule has 112 valence electrons. The van der Waals surface area contributed by atoms with Crippen molar-refractivity contribution in [2.75, 3.05) is 0 Å². The Morgan fingerprint density at radius 1 is 0.550 bits per heavy atom. The lowest BCUT2D eigenvalue weighted by Crippen LogP contribution is -2.50. The average molecular weight is 313 g/mol. The van der Waals surface area contributed by atoms with Gasteiger partial charge >= 0.3 is 0 Å². The zero-order chi connectivity index (χ0) is 14.6. The van der Waals surface area contributed by atoms with Gasteiger partial charge in [0.25, 0.3) is 0 Å². The third-order valence-corrected chi connectivity index (χ3v) is 7.66. The Labute approximate surface area is 133 Å². The van der Waals surface area contributed by atoms with Gasteiger partial charge in [0.05, 0.1) is 0 Å². The van der Waals surface area contributed by atoms with Crippen molar-refractivity contribution >= 4 is 23.2 Å². The lowest BCUT2D eigenvalue weighted by molar-refractivity contribution is 0.108. The van der Waals surface area contributed by atoms with E-state index in [9.17, 15) is 0 Å². The van der Waals surface area contributed by atoms with E-state index in [0.717, 1.165) is 0 Å². The number of rotatable bonds is 0. The minimum absolute atomic E-state index is 0.311. The Morgan fingerprint density at radius 3 is 0.950 bits per heavy atom. The van der Waals surface area contributed by atoms with Crippen molar-refractivity contribution in [2.45, 2.75) is 64.1 Å². The van der Waals surface area contributed by atoms with Crippen molar-refractivity contribution in [2.24, 2.45) is 23.7 Å². The van der Waals surface area contributed by atoms with Crippen molar-refractivity contribution in [3.05, 3.63) is 22.3 Å². The van der Waals surface area contributed by atoms with Gasteiger partial charge in [-0.05, 0) is 77.0 Å². The Morgan fingerprint density at radius 2 is 0.750 bits per heavy atom. The molecule has 0 saturated heterocycles. The maximum atomic E-state index is 6.95. The van der Waals surface area contributed by atoms with Crippen LogP contribution in [0.25, 0.3) is 0 Å². The molecule has 20 heavy (non-hydrogen) atoms. The molecule has 0 amide bonds. The van der Waals surface area contributed by atoms with Crippen LogP contribution in [0.1, 0.15) is 53.4 Å². The SMILES string of the molecule is CC1=C(C)C[C@@H]2C(Cl)[C@@H]3CC(C)=C(C)C[C@H]3C(Cl)[C@H]2C1. The molecule has 0 aromatic rings. The Hall–Kier alpha value is 0.0600. The smallest absolute Gasteiger partial charge is 0.0405 e. The van der Waals surface area contributed by atoms with Crippen LogP contribution < -0.4 is 0 Å². The van der Waals surface area contributed by atoms with Gasteiger partial charge in [-0.1, -0.05) is 22.3 Å². The fourth-order valence-corrected chi connectivity index (χ4v) is 5.85. The maximum Gasteiger partial charge on any atom is 0.0405 e. The number of hydrogen-bond donors (Lipinski definition) is 0. The van der Waals surface area contributed by atoms with E-state index in [1.54, 1.807) is 22.3 Å². The van der Waals surface area contributed by atoms with Gasteiger partial charge in [0, 0.05) is 10.8 Å². The second kappa shape index (κ2) is 5.36. The van der Waals surface area contributed by atoms with E-state index in [4.69, 9.17) is 23.2 Å². The molecule has 0 N–H and O–H groups in total. The predicted molar refractivity (Wildman–Crippen MR) is 88.5 cm³/mol. The van der Waals surface area contributed by atoms with Gasteiger partial charge in [0.2, 0.25) is 0 Å². The molecule has 6 atom stereocenters. The van der Waals surface area contributed by atoms with Crippen molar-refractivity contribution in [1.29, 1.82) is 0 Å². The van der Waals surface area contributed by atoms with Gasteiger partial charge in [0.15, 0.2) is 0 Å². The van der Waals surface area contributed by atoms with Crippen LogP contribution in [0.5, 0.6) is 0 Å². The fourth-order valence-electron chi connectivity index (χ4n) is 4.75. The van der Waals surface area contributed by atoms with Crippen LogP contribution in [0.15, 0.2) is 22.3 Å². The molecule has 2 heteroatoms. The van der Waals surface area contributed by atoms with Gasteiger partial charge in [-0.3, -0.25) is 0 Å². The van der Waals surface area contributed by atoms with Crippen molar-refractivity contribution in [3.8, 4) is 0 Å². The first-order chi connectivity index (χ1) is 9.40. The number of alkyl halides is 2. The maximum absolute atomic E-state index is 6.95. The van der Waals surface area contributed by atoms with E-state index in [-0.39, 0.29) is 0 Å². The summed E-state index contributed by atoms with van der Waals surface area (Å²) in [6.45, 7) is 9.11. The van der Waals surface area contributed by atoms with Crippen LogP contribution in [0.3, 0.4) is 0 Å². The van der Waals surface area contributed by atoms with Gasteiger partial charge in [-0.15, -0.1) is 23.2 Å². The second-order valence-electron chi connectivity index (χ2n) is 7.48. The minimum Gasteiger partial charge on any atom is -0.122 e. The summed E-state index contributed by atoms with van der Waals surface area (Å²) in [6, 6.07) is 0. The summed E-state index contributed by atoms with van der Waals surface area (Å²) in [4.78, 5) is 0. The molecule has 3 rings (SSSR count). The van der Waals surface area contributed by atoms with Crippen molar-refractivity contribution in [1.82, 2.24) is 0 Å². The van der Waals surface area contributed by atoms with E-state index < -0.39 is 0 Å². The molecule has 0 aliphatic heterocycles. The molecule has 1 saturated carbocycles. The molecular formula is C18H26Cl2. The first kappa shape index (κ1) is 15.0. The first-order valence-corrected chi connectivity index (χ1v) is 8.86. The third kappa shape index (κ3) is 2.28. The molecule has 0 spiro atoms. The number of allylic oxidation sites excluding steroid dienone is 4. The zero-order valence-electron chi connectivity index (χ0n) is 13.0. The minimum atomic E-state index is 0.311. The van der Waals surface area contributed by atoms with Crippen molar-refractivity contribution < 1.29 is 0 Å². The summed E-state index contributed by atoms with van der Waals surface area (Å²) in [7, 11) is 0. The lowest BCUT2D eigenvalue weighted by atomic mass is 9.58. The molecule has 0 heterocycles. The highest BCUT2D eigenvalue weighted by Gasteiger charge is 2.50. The van der Waals surface area contributed by atoms with Crippen molar-refractivity contribution in [3.63, 3.8) is 0 Å². The van der Waals surface area contributed by atoms with E-state index in [0.29, 0.717) is 34.4 Å². The number of fused-ring (bicyclic) bond motifs is 2. The molecule has 0 aromatic carbocycles. The average Bonchev–Trinajstić information content (AvgIpc) is 2.41. The molecular weight excluding hydrogens is 287 g/mol. The van der Waals surface area contributed by atoms with Crippen LogP contribution >= 0.6 is 23.2 Å². The van der Waals surface area contributed by atoms with Crippen LogP contribution in [0, 0.1) is 23.7 Å². The van der Waals surface area contributed by atoms with Gasteiger partial charge in [-0.2, -0.15) is 0 Å². The van der Waals surface area contributed by atoms with Crippen LogP contribution in [-0.2, 0) is 0 Å². The van der Waals surface area contributed by atoms with Gasteiger partial charge < -0.3 is 0 Å². The van der Waals surface area contributed by atoms with Gasteiger partial charge in [0.1, 0.15) is 0 Å². The third-order valence-electron chi connectivity index (χ3n) is 6.36. The zero-order valence-corrected chi connectivity index (χ0v) is 14.6. The molecule has 1 fully saturated rings. The normalized spacial score (nSPS) is 45.3. The summed E-state index contributed by atoms with van der Waals surface area (Å²) in [6.07, 6.45) is 4.66. The Bertz CT molecular complexity index is 390. The molecule has 0 aromatic heterocycles. The second-order valence-corrected chi connectivity index (χ2v) is 8.49. The van der Waals surface area contributed by atoms with E-state index in [2.05, 4.69) is 27.7 Å². The molecule has 0 radical (unpaired) electrons. The van der Waals surface area contributed by atoms with E-state index in [1.165, 1.54) is 25.7 Å². The summed E-state index contributed by atoms with van der Waals surface area (Å²) >= 11 is 13.9. The summed E-state index contributed by atoms with van der Waals surface area (Å²) in [5.41, 5.74) is 6.22. The van der Waals surface area contributed by atoms with Crippen LogP contribution in [0.4, 0.5) is 0 Å². The number of hydrogen-bond acceptors (Lipinski definition) is 0. The Balaban J connectivity index is 1.92. The molecule has 0 nitrogen and oxygen atoms in total. The topological polar surface area (TPSA) is 0 Å².